The van der Waals surface area contributed by atoms with Crippen molar-refractivity contribution in [1.82, 2.24) is 14.9 Å². The lowest BCUT2D eigenvalue weighted by molar-refractivity contribution is 0.600. The van der Waals surface area contributed by atoms with Gasteiger partial charge in [-0.3, -0.25) is 4.57 Å². The highest BCUT2D eigenvalue weighted by Crippen LogP contribution is 1.76. The molecule has 0 aromatic carbocycles. The summed E-state index contributed by atoms with van der Waals surface area (Å²) in [6.07, 6.45) is 3.40. The Hall–Kier alpha value is -1.03. The van der Waals surface area contributed by atoms with Crippen LogP contribution < -0.4 is 11.0 Å². The summed E-state index contributed by atoms with van der Waals surface area (Å²) in [6, 6.07) is 0. The Morgan fingerprint density at radius 1 is 1.73 bits per heavy atom. The molecule has 1 aromatic rings. The Kier molecular flexibility index (Phi) is 2.92. The molecule has 4 heteroatoms. The van der Waals surface area contributed by atoms with Gasteiger partial charge in [0.15, 0.2) is 0 Å². The van der Waals surface area contributed by atoms with Gasteiger partial charge in [-0.2, -0.15) is 0 Å². The molecule has 2 N–H and O–H groups in total. The SMILES string of the molecule is CCNCCn1cc[nH]c1=O. The average molecular weight is 155 g/mol. The van der Waals surface area contributed by atoms with Gasteiger partial charge in [-0.25, -0.2) is 4.79 Å². The molecule has 0 aliphatic rings. The van der Waals surface area contributed by atoms with Gasteiger partial charge >= 0.3 is 5.69 Å². The summed E-state index contributed by atoms with van der Waals surface area (Å²) >= 11 is 0. The summed E-state index contributed by atoms with van der Waals surface area (Å²) in [5, 5.41) is 3.14. The van der Waals surface area contributed by atoms with E-state index in [0.717, 1.165) is 19.6 Å². The third-order valence-electron chi connectivity index (χ3n) is 1.50. The number of aromatic amines is 1. The van der Waals surface area contributed by atoms with Crippen LogP contribution in [0.4, 0.5) is 0 Å². The summed E-state index contributed by atoms with van der Waals surface area (Å²) in [5.41, 5.74) is -0.0390. The van der Waals surface area contributed by atoms with Crippen LogP contribution in [0.5, 0.6) is 0 Å². The predicted molar refractivity (Wildman–Crippen MR) is 43.6 cm³/mol. The first-order valence-corrected chi connectivity index (χ1v) is 3.79. The number of rotatable bonds is 4. The van der Waals surface area contributed by atoms with Crippen LogP contribution in [0.15, 0.2) is 17.2 Å². The first-order valence-electron chi connectivity index (χ1n) is 3.79. The van der Waals surface area contributed by atoms with Gasteiger partial charge in [0.05, 0.1) is 0 Å². The third-order valence-corrected chi connectivity index (χ3v) is 1.50. The Morgan fingerprint density at radius 2 is 2.55 bits per heavy atom. The van der Waals surface area contributed by atoms with Crippen molar-refractivity contribution < 1.29 is 0 Å². The number of nitrogens with zero attached hydrogens (tertiary/aromatic N) is 1. The maximum Gasteiger partial charge on any atom is 0.325 e. The van der Waals surface area contributed by atoms with Crippen molar-refractivity contribution >= 4 is 0 Å². The van der Waals surface area contributed by atoms with E-state index in [9.17, 15) is 4.79 Å². The molecule has 0 bridgehead atoms. The molecule has 0 saturated carbocycles. The average Bonchev–Trinajstić information content (AvgIpc) is 2.37. The van der Waals surface area contributed by atoms with E-state index in [1.54, 1.807) is 17.0 Å². The maximum absolute atomic E-state index is 10.9. The summed E-state index contributed by atoms with van der Waals surface area (Å²) in [7, 11) is 0. The van der Waals surface area contributed by atoms with Gasteiger partial charge in [0.2, 0.25) is 0 Å². The van der Waals surface area contributed by atoms with Crippen molar-refractivity contribution in [2.45, 2.75) is 13.5 Å². The zero-order chi connectivity index (χ0) is 8.10. The molecule has 0 saturated heterocycles. The van der Waals surface area contributed by atoms with Crippen molar-refractivity contribution in [2.24, 2.45) is 0 Å². The minimum Gasteiger partial charge on any atom is -0.315 e. The fourth-order valence-corrected chi connectivity index (χ4v) is 0.902. The first kappa shape index (κ1) is 8.07. The Labute approximate surface area is 65.2 Å². The van der Waals surface area contributed by atoms with Crippen LogP contribution in [0.1, 0.15) is 6.92 Å². The highest BCUT2D eigenvalue weighted by Gasteiger charge is 1.92. The highest BCUT2D eigenvalue weighted by molar-refractivity contribution is 4.75. The number of H-pyrrole nitrogens is 1. The van der Waals surface area contributed by atoms with Crippen molar-refractivity contribution in [3.63, 3.8) is 0 Å². The van der Waals surface area contributed by atoms with E-state index in [4.69, 9.17) is 0 Å². The van der Waals surface area contributed by atoms with E-state index in [1.165, 1.54) is 0 Å². The van der Waals surface area contributed by atoms with Gasteiger partial charge in [-0.1, -0.05) is 6.92 Å². The number of likely N-dealkylation sites (N-methyl/N-ethyl adjacent to an activating group) is 1. The van der Waals surface area contributed by atoms with Crippen LogP contribution in [0.2, 0.25) is 0 Å². The normalized spacial score (nSPS) is 10.3. The lowest BCUT2D eigenvalue weighted by atomic mass is 10.6. The van der Waals surface area contributed by atoms with Crippen molar-refractivity contribution in [3.8, 4) is 0 Å². The number of hydrogen-bond donors (Lipinski definition) is 2. The number of aromatic nitrogens is 2. The molecule has 1 rings (SSSR count). The molecule has 1 aromatic heterocycles. The van der Waals surface area contributed by atoms with Crippen molar-refractivity contribution in [3.05, 3.63) is 22.9 Å². The number of imidazole rings is 1. The summed E-state index contributed by atoms with van der Waals surface area (Å²) in [4.78, 5) is 13.5. The molecule has 1 heterocycles. The quantitative estimate of drug-likeness (QED) is 0.591. The van der Waals surface area contributed by atoms with Crippen molar-refractivity contribution in [1.29, 1.82) is 0 Å². The Morgan fingerprint density at radius 3 is 3.09 bits per heavy atom. The van der Waals surface area contributed by atoms with Crippen LogP contribution in [0.25, 0.3) is 0 Å². The van der Waals surface area contributed by atoms with Crippen LogP contribution in [-0.4, -0.2) is 22.6 Å². The fourth-order valence-electron chi connectivity index (χ4n) is 0.902. The van der Waals surface area contributed by atoms with Gasteiger partial charge in [0.25, 0.3) is 0 Å². The zero-order valence-electron chi connectivity index (χ0n) is 6.63. The lowest BCUT2D eigenvalue weighted by Gasteiger charge is -2.00. The molecule has 4 nitrogen and oxygen atoms in total. The van der Waals surface area contributed by atoms with E-state index in [-0.39, 0.29) is 5.69 Å². The van der Waals surface area contributed by atoms with E-state index >= 15 is 0 Å². The van der Waals surface area contributed by atoms with Gasteiger partial charge in [-0.15, -0.1) is 0 Å². The van der Waals surface area contributed by atoms with E-state index in [2.05, 4.69) is 10.3 Å². The summed E-state index contributed by atoms with van der Waals surface area (Å²) in [6.45, 7) is 4.56. The van der Waals surface area contributed by atoms with E-state index < -0.39 is 0 Å². The number of nitrogens with one attached hydrogen (secondary N) is 2. The van der Waals surface area contributed by atoms with Gasteiger partial charge in [0, 0.05) is 25.5 Å². The fraction of sp³-hybridized carbons (Fsp3) is 0.571. The van der Waals surface area contributed by atoms with Crippen LogP contribution in [-0.2, 0) is 6.54 Å². The maximum atomic E-state index is 10.9. The van der Waals surface area contributed by atoms with Gasteiger partial charge in [-0.05, 0) is 6.54 Å². The van der Waals surface area contributed by atoms with Crippen LogP contribution in [0, 0.1) is 0 Å². The van der Waals surface area contributed by atoms with Gasteiger partial charge in [0.1, 0.15) is 0 Å². The molecule has 0 fully saturated rings. The monoisotopic (exact) mass is 155 g/mol. The van der Waals surface area contributed by atoms with Gasteiger partial charge < -0.3 is 10.3 Å². The highest BCUT2D eigenvalue weighted by atomic mass is 16.1. The molecular weight excluding hydrogens is 142 g/mol. The largest absolute Gasteiger partial charge is 0.325 e. The van der Waals surface area contributed by atoms with Crippen molar-refractivity contribution in [2.75, 3.05) is 13.1 Å². The molecule has 11 heavy (non-hydrogen) atoms. The van der Waals surface area contributed by atoms with E-state index in [0.29, 0.717) is 0 Å². The summed E-state index contributed by atoms with van der Waals surface area (Å²) in [5.74, 6) is 0. The molecular formula is C7H13N3O. The molecule has 0 atom stereocenters. The third kappa shape index (κ3) is 2.23. The molecule has 0 radical (unpaired) electrons. The molecule has 0 spiro atoms. The first-order chi connectivity index (χ1) is 5.34. The molecule has 62 valence electrons. The number of hydrogen-bond acceptors (Lipinski definition) is 2. The molecule has 0 unspecified atom stereocenters. The topological polar surface area (TPSA) is 49.8 Å². The second-order valence-electron chi connectivity index (χ2n) is 2.31. The van der Waals surface area contributed by atoms with Crippen LogP contribution in [0.3, 0.4) is 0 Å². The molecule has 0 amide bonds. The lowest BCUT2D eigenvalue weighted by Crippen LogP contribution is -2.24. The minimum atomic E-state index is -0.0390. The minimum absolute atomic E-state index is 0.0390. The van der Waals surface area contributed by atoms with Crippen LogP contribution >= 0.6 is 0 Å². The molecule has 0 aliphatic heterocycles. The Balaban J connectivity index is 2.39. The summed E-state index contributed by atoms with van der Waals surface area (Å²) < 4.78 is 1.64. The second kappa shape index (κ2) is 3.98. The standard InChI is InChI=1S/C7H13N3O/c1-2-8-3-5-10-6-4-9-7(10)11/h4,6,8H,2-3,5H2,1H3,(H,9,11). The smallest absolute Gasteiger partial charge is 0.315 e. The molecule has 0 aliphatic carbocycles. The predicted octanol–water partition coefficient (Wildman–Crippen LogP) is -0.214. The zero-order valence-corrected chi connectivity index (χ0v) is 6.63. The van der Waals surface area contributed by atoms with E-state index in [1.807, 2.05) is 6.92 Å². The Bertz CT molecular complexity index is 250. The second-order valence-corrected chi connectivity index (χ2v) is 2.31.